The van der Waals surface area contributed by atoms with Crippen LogP contribution in [0.25, 0.3) is 22.0 Å². The van der Waals surface area contributed by atoms with Crippen molar-refractivity contribution < 1.29 is 14.3 Å². The van der Waals surface area contributed by atoms with E-state index in [9.17, 15) is 9.59 Å². The minimum absolute atomic E-state index is 0.0118. The van der Waals surface area contributed by atoms with E-state index in [1.807, 2.05) is 90.6 Å². The van der Waals surface area contributed by atoms with Gasteiger partial charge in [-0.15, -0.1) is 0 Å². The second-order valence-corrected chi connectivity index (χ2v) is 10.3. The number of amides is 1. The molecular formula is C34H37N3O3. The van der Waals surface area contributed by atoms with Crippen molar-refractivity contribution in [3.8, 4) is 11.1 Å². The summed E-state index contributed by atoms with van der Waals surface area (Å²) in [5, 5.41) is 0. The first-order valence-corrected chi connectivity index (χ1v) is 13.9. The fourth-order valence-corrected chi connectivity index (χ4v) is 5.15. The third-order valence-electron chi connectivity index (χ3n) is 7.32. The third kappa shape index (κ3) is 7.18. The van der Waals surface area contributed by atoms with Crippen LogP contribution >= 0.6 is 0 Å². The SMILES string of the molecule is [C-]#[N+]c1cc(CN(C(=O)C2CCCCC2)c2cccc(/C=C/C(=O)OCC)c2)ccc1-c1ccc(N(C)C)cc1. The fourth-order valence-electron chi connectivity index (χ4n) is 5.15. The van der Waals surface area contributed by atoms with Crippen LogP contribution in [0.1, 0.15) is 50.2 Å². The smallest absolute Gasteiger partial charge is 0.330 e. The molecule has 6 nitrogen and oxygen atoms in total. The van der Waals surface area contributed by atoms with Crippen molar-refractivity contribution >= 4 is 35.0 Å². The Bertz CT molecular complexity index is 1400. The van der Waals surface area contributed by atoms with E-state index in [-0.39, 0.29) is 11.8 Å². The van der Waals surface area contributed by atoms with Crippen LogP contribution < -0.4 is 9.80 Å². The van der Waals surface area contributed by atoms with Crippen LogP contribution in [-0.4, -0.2) is 32.6 Å². The molecule has 1 fully saturated rings. The maximum atomic E-state index is 13.9. The van der Waals surface area contributed by atoms with E-state index in [1.165, 1.54) is 12.5 Å². The van der Waals surface area contributed by atoms with Gasteiger partial charge in [-0.3, -0.25) is 4.79 Å². The van der Waals surface area contributed by atoms with Gasteiger partial charge >= 0.3 is 5.97 Å². The summed E-state index contributed by atoms with van der Waals surface area (Å²) in [5.74, 6) is -0.299. The summed E-state index contributed by atoms with van der Waals surface area (Å²) in [4.78, 5) is 33.4. The van der Waals surface area contributed by atoms with Crippen molar-refractivity contribution in [2.24, 2.45) is 5.92 Å². The van der Waals surface area contributed by atoms with E-state index in [0.29, 0.717) is 18.8 Å². The normalized spacial score (nSPS) is 13.6. The summed E-state index contributed by atoms with van der Waals surface area (Å²) in [7, 11) is 4.00. The van der Waals surface area contributed by atoms with Crippen molar-refractivity contribution in [3.63, 3.8) is 0 Å². The van der Waals surface area contributed by atoms with Crippen LogP contribution in [0.2, 0.25) is 0 Å². The number of hydrogen-bond acceptors (Lipinski definition) is 4. The van der Waals surface area contributed by atoms with E-state index in [0.717, 1.165) is 59.3 Å². The zero-order valence-electron chi connectivity index (χ0n) is 23.6. The second kappa shape index (κ2) is 13.6. The summed E-state index contributed by atoms with van der Waals surface area (Å²) in [6.45, 7) is 10.3. The molecule has 0 saturated heterocycles. The van der Waals surface area contributed by atoms with E-state index in [2.05, 4.69) is 4.85 Å². The van der Waals surface area contributed by atoms with Crippen LogP contribution in [0.3, 0.4) is 0 Å². The lowest BCUT2D eigenvalue weighted by Gasteiger charge is -2.30. The Labute approximate surface area is 237 Å². The van der Waals surface area contributed by atoms with E-state index >= 15 is 0 Å². The predicted octanol–water partition coefficient (Wildman–Crippen LogP) is 7.66. The van der Waals surface area contributed by atoms with E-state index < -0.39 is 5.97 Å². The molecule has 4 rings (SSSR count). The first-order chi connectivity index (χ1) is 19.4. The highest BCUT2D eigenvalue weighted by atomic mass is 16.5. The highest BCUT2D eigenvalue weighted by Gasteiger charge is 2.27. The number of esters is 1. The first kappa shape index (κ1) is 28.6. The number of carbonyl (C=O) groups excluding carboxylic acids is 2. The van der Waals surface area contributed by atoms with Gasteiger partial charge in [-0.2, -0.15) is 0 Å². The largest absolute Gasteiger partial charge is 0.463 e. The van der Waals surface area contributed by atoms with Crippen molar-refractivity contribution in [1.29, 1.82) is 0 Å². The molecule has 3 aromatic rings. The quantitative estimate of drug-likeness (QED) is 0.160. The van der Waals surface area contributed by atoms with Gasteiger partial charge in [0.05, 0.1) is 13.2 Å². The molecule has 206 valence electrons. The zero-order valence-corrected chi connectivity index (χ0v) is 23.6. The zero-order chi connectivity index (χ0) is 28.5. The Morgan fingerprint density at radius 1 is 0.975 bits per heavy atom. The lowest BCUT2D eigenvalue weighted by molar-refractivity contribution is -0.137. The molecule has 6 heteroatoms. The standard InChI is InChI=1S/C34H37N3O3/c1-5-40-33(38)21-15-25-10-9-13-30(22-25)37(34(39)28-11-7-6-8-12-28)24-26-14-20-31(32(23-26)35-2)27-16-18-29(19-17-27)36(3)4/h9-10,13-23,28H,5-8,11-12,24H2,1,3-4H3/b21-15+. The summed E-state index contributed by atoms with van der Waals surface area (Å²) < 4.78 is 5.00. The van der Waals surface area contributed by atoms with Gasteiger partial charge in [-0.1, -0.05) is 61.7 Å². The molecule has 1 amide bonds. The molecule has 0 aromatic heterocycles. The number of nitrogens with zero attached hydrogens (tertiary/aromatic N) is 3. The van der Waals surface area contributed by atoms with Gasteiger partial charge in [-0.05, 0) is 72.4 Å². The molecule has 0 unspecified atom stereocenters. The second-order valence-electron chi connectivity index (χ2n) is 10.3. The summed E-state index contributed by atoms with van der Waals surface area (Å²) in [6, 6.07) is 21.7. The molecular weight excluding hydrogens is 498 g/mol. The average molecular weight is 536 g/mol. The van der Waals surface area contributed by atoms with Gasteiger partial charge in [0.2, 0.25) is 5.91 Å². The Hall–Kier alpha value is -4.37. The molecule has 1 saturated carbocycles. The summed E-state index contributed by atoms with van der Waals surface area (Å²) in [5.41, 5.74) is 6.00. The summed E-state index contributed by atoms with van der Waals surface area (Å²) in [6.07, 6.45) is 8.20. The average Bonchev–Trinajstić information content (AvgIpc) is 2.99. The van der Waals surface area contributed by atoms with Crippen LogP contribution in [0.5, 0.6) is 0 Å². The Balaban J connectivity index is 1.65. The number of ether oxygens (including phenoxy) is 1. The number of hydrogen-bond donors (Lipinski definition) is 0. The Morgan fingerprint density at radius 2 is 1.73 bits per heavy atom. The van der Waals surface area contributed by atoms with Gasteiger partial charge in [-0.25, -0.2) is 9.64 Å². The molecule has 3 aromatic carbocycles. The van der Waals surface area contributed by atoms with E-state index in [4.69, 9.17) is 11.3 Å². The Kier molecular flexibility index (Phi) is 9.75. The monoisotopic (exact) mass is 535 g/mol. The molecule has 0 bridgehead atoms. The highest BCUT2D eigenvalue weighted by molar-refractivity contribution is 5.95. The maximum absolute atomic E-state index is 13.9. The van der Waals surface area contributed by atoms with Gasteiger partial charge < -0.3 is 14.5 Å². The number of rotatable bonds is 9. The Morgan fingerprint density at radius 3 is 2.40 bits per heavy atom. The van der Waals surface area contributed by atoms with Crippen LogP contribution in [-0.2, 0) is 20.9 Å². The van der Waals surface area contributed by atoms with Crippen LogP contribution in [0.15, 0.2) is 72.8 Å². The van der Waals surface area contributed by atoms with Crippen molar-refractivity contribution in [2.45, 2.75) is 45.6 Å². The third-order valence-corrected chi connectivity index (χ3v) is 7.32. The van der Waals surface area contributed by atoms with Crippen LogP contribution in [0, 0.1) is 12.5 Å². The molecule has 1 aliphatic rings. The molecule has 40 heavy (non-hydrogen) atoms. The molecule has 0 spiro atoms. The highest BCUT2D eigenvalue weighted by Crippen LogP contribution is 2.34. The molecule has 0 atom stereocenters. The van der Waals surface area contributed by atoms with Gasteiger partial charge in [0, 0.05) is 44.0 Å². The van der Waals surface area contributed by atoms with Gasteiger partial charge in [0.15, 0.2) is 5.69 Å². The lowest BCUT2D eigenvalue weighted by Crippen LogP contribution is -2.36. The predicted molar refractivity (Wildman–Crippen MR) is 162 cm³/mol. The van der Waals surface area contributed by atoms with Crippen LogP contribution in [0.4, 0.5) is 17.1 Å². The van der Waals surface area contributed by atoms with Crippen molar-refractivity contribution in [1.82, 2.24) is 0 Å². The fraction of sp³-hybridized carbons (Fsp3) is 0.324. The van der Waals surface area contributed by atoms with Gasteiger partial charge in [0.25, 0.3) is 0 Å². The van der Waals surface area contributed by atoms with Crippen molar-refractivity contribution in [2.75, 3.05) is 30.5 Å². The lowest BCUT2D eigenvalue weighted by atomic mass is 9.88. The van der Waals surface area contributed by atoms with E-state index in [1.54, 1.807) is 13.0 Å². The van der Waals surface area contributed by atoms with Crippen molar-refractivity contribution in [3.05, 3.63) is 95.4 Å². The minimum atomic E-state index is -0.397. The first-order valence-electron chi connectivity index (χ1n) is 13.9. The molecule has 1 aliphatic carbocycles. The molecule has 0 aliphatic heterocycles. The number of anilines is 2. The molecule has 0 heterocycles. The molecule has 0 N–H and O–H groups in total. The molecule has 0 radical (unpaired) electrons. The maximum Gasteiger partial charge on any atom is 0.330 e. The topological polar surface area (TPSA) is 54.2 Å². The number of benzene rings is 3. The van der Waals surface area contributed by atoms with Gasteiger partial charge in [0.1, 0.15) is 0 Å². The minimum Gasteiger partial charge on any atom is -0.463 e. The number of carbonyl (C=O) groups is 2. The summed E-state index contributed by atoms with van der Waals surface area (Å²) >= 11 is 0.